The molecule has 0 spiro atoms. The van der Waals surface area contributed by atoms with Gasteiger partial charge in [-0.15, -0.1) is 0 Å². The molecule has 2 unspecified atom stereocenters. The maximum absolute atomic E-state index is 11.3. The molecule has 6 nitrogen and oxygen atoms in total. The van der Waals surface area contributed by atoms with E-state index in [2.05, 4.69) is 32.2 Å². The van der Waals surface area contributed by atoms with Crippen LogP contribution in [0.5, 0.6) is 0 Å². The van der Waals surface area contributed by atoms with Gasteiger partial charge in [0.05, 0.1) is 11.2 Å². The number of aliphatic carboxylic acids is 2. The van der Waals surface area contributed by atoms with E-state index in [1.807, 2.05) is 0 Å². The molecular weight excluding hydrogens is 477 g/mol. The van der Waals surface area contributed by atoms with Crippen molar-refractivity contribution in [1.82, 2.24) is 0 Å². The molecule has 12 heteroatoms. The molecule has 0 radical (unpaired) electrons. The molecule has 0 aliphatic rings. The van der Waals surface area contributed by atoms with Crippen molar-refractivity contribution in [2.45, 2.75) is 85.1 Å². The minimum absolute atomic E-state index is 0. The third-order valence-electron chi connectivity index (χ3n) is 3.27. The third kappa shape index (κ3) is 40.6. The van der Waals surface area contributed by atoms with Crippen LogP contribution in [0.3, 0.4) is 0 Å². The van der Waals surface area contributed by atoms with Gasteiger partial charge < -0.3 is 10.2 Å². The van der Waals surface area contributed by atoms with Crippen LogP contribution >= 0.6 is 35.8 Å². The summed E-state index contributed by atoms with van der Waals surface area (Å²) in [6.07, 6.45) is 2.96. The summed E-state index contributed by atoms with van der Waals surface area (Å²) in [4.78, 5) is 20.5. The monoisotopic (exact) mass is 520 g/mol. The van der Waals surface area contributed by atoms with Crippen LogP contribution in [0.25, 0.3) is 0 Å². The van der Waals surface area contributed by atoms with Crippen LogP contribution in [0.4, 0.5) is 13.2 Å². The van der Waals surface area contributed by atoms with Gasteiger partial charge in [0, 0.05) is 6.26 Å². The normalized spacial score (nSPS) is 13.0. The Hall–Kier alpha value is -0.300. The smallest absolute Gasteiger partial charge is 0.405 e. The van der Waals surface area contributed by atoms with E-state index < -0.39 is 39.7 Å². The molecule has 4 N–H and O–H groups in total. The largest absolute Gasteiger partial charge is 0.481 e. The standard InChI is InChI=1S/C8H16O2.C6H12O2S2.C3H7F3O2S.2CH4/c1-3-4-5-6-7(2)8(9)10;7-6(8)5(10)3-1-2-4-9;1-9(7,8)2-3(4,5)6;;/h7H,3-6H2,1-2H3,(H,9,10);5,9-10H,1-4H2,(H,7,8);7-8H,2H2,1H3;2*1H4. The van der Waals surface area contributed by atoms with Crippen LogP contribution in [0, 0.1) is 5.92 Å². The number of rotatable bonds is 11. The van der Waals surface area contributed by atoms with E-state index >= 15 is 0 Å². The lowest BCUT2D eigenvalue weighted by Crippen LogP contribution is -2.19. The molecule has 0 aliphatic carbocycles. The van der Waals surface area contributed by atoms with E-state index in [4.69, 9.17) is 19.3 Å². The number of hydrogen-bond donors (Lipinski definition) is 6. The Morgan fingerprint density at radius 3 is 1.68 bits per heavy atom. The van der Waals surface area contributed by atoms with Gasteiger partial charge in [-0.1, -0.05) is 54.4 Å². The van der Waals surface area contributed by atoms with Crippen molar-refractivity contribution in [2.24, 2.45) is 5.92 Å². The molecule has 0 saturated carbocycles. The van der Waals surface area contributed by atoms with E-state index in [1.54, 1.807) is 6.92 Å². The highest BCUT2D eigenvalue weighted by atomic mass is 32.3. The van der Waals surface area contributed by atoms with Crippen molar-refractivity contribution >= 4 is 47.8 Å². The lowest BCUT2D eigenvalue weighted by molar-refractivity contribution is -0.141. The summed E-state index contributed by atoms with van der Waals surface area (Å²) in [6, 6.07) is 0. The summed E-state index contributed by atoms with van der Waals surface area (Å²) in [6.45, 7) is 3.88. The zero-order chi connectivity index (χ0) is 23.7. The van der Waals surface area contributed by atoms with Gasteiger partial charge >= 0.3 is 18.1 Å². The summed E-state index contributed by atoms with van der Waals surface area (Å²) < 4.78 is 50.3. The number of hydrogen-bond acceptors (Lipinski definition) is 6. The molecule has 0 amide bonds. The quantitative estimate of drug-likeness (QED) is 0.130. The Balaban J connectivity index is -0.000000106. The van der Waals surface area contributed by atoms with Crippen LogP contribution in [-0.4, -0.2) is 60.4 Å². The van der Waals surface area contributed by atoms with Gasteiger partial charge in [0.1, 0.15) is 5.75 Å². The number of carboxylic acids is 2. The highest BCUT2D eigenvalue weighted by Crippen LogP contribution is 2.39. The Morgan fingerprint density at radius 1 is 0.968 bits per heavy atom. The van der Waals surface area contributed by atoms with Crippen LogP contribution in [-0.2, 0) is 9.59 Å². The number of alkyl halides is 3. The second kappa shape index (κ2) is 22.9. The fraction of sp³-hybridized carbons (Fsp3) is 0.895. The Labute approximate surface area is 198 Å². The highest BCUT2D eigenvalue weighted by Gasteiger charge is 2.32. The van der Waals surface area contributed by atoms with Crippen molar-refractivity contribution in [1.29, 1.82) is 0 Å². The Bertz CT molecular complexity index is 395. The van der Waals surface area contributed by atoms with Crippen LogP contribution < -0.4 is 0 Å². The first kappa shape index (κ1) is 41.0. The second-order valence-electron chi connectivity index (χ2n) is 6.56. The molecule has 0 aromatic carbocycles. The van der Waals surface area contributed by atoms with Crippen molar-refractivity contribution in [3.8, 4) is 0 Å². The Kier molecular flexibility index (Phi) is 30.3. The van der Waals surface area contributed by atoms with Gasteiger partial charge in [-0.2, -0.15) is 49.0 Å². The highest BCUT2D eigenvalue weighted by molar-refractivity contribution is 8.23. The molecule has 2 atom stereocenters. The molecule has 0 aromatic heterocycles. The zero-order valence-electron chi connectivity index (χ0n) is 17.1. The molecule has 0 heterocycles. The lowest BCUT2D eigenvalue weighted by atomic mass is 10.0. The van der Waals surface area contributed by atoms with E-state index in [9.17, 15) is 22.8 Å². The first-order chi connectivity index (χ1) is 13.1. The van der Waals surface area contributed by atoms with Gasteiger partial charge in [-0.05, 0) is 25.0 Å². The summed E-state index contributed by atoms with van der Waals surface area (Å²) >= 11 is 7.88. The molecule has 194 valence electrons. The van der Waals surface area contributed by atoms with Gasteiger partial charge in [0.15, 0.2) is 0 Å². The molecule has 0 rings (SSSR count). The van der Waals surface area contributed by atoms with E-state index in [1.165, 1.54) is 0 Å². The minimum Gasteiger partial charge on any atom is -0.481 e. The molecular formula is C19H43F3O6S3. The summed E-state index contributed by atoms with van der Waals surface area (Å²) in [7, 11) is -3.41. The van der Waals surface area contributed by atoms with Crippen molar-refractivity contribution in [3.05, 3.63) is 0 Å². The number of carbonyl (C=O) groups is 2. The first-order valence-corrected chi connectivity index (χ1v) is 12.4. The van der Waals surface area contributed by atoms with Crippen LogP contribution in [0.2, 0.25) is 0 Å². The van der Waals surface area contributed by atoms with Crippen LogP contribution in [0.1, 0.15) is 73.6 Å². The fourth-order valence-electron chi connectivity index (χ4n) is 1.71. The first-order valence-electron chi connectivity index (χ1n) is 9.09. The summed E-state index contributed by atoms with van der Waals surface area (Å²) in [5.41, 5.74) is 0. The average molecular weight is 521 g/mol. The van der Waals surface area contributed by atoms with Crippen molar-refractivity contribution in [3.63, 3.8) is 0 Å². The van der Waals surface area contributed by atoms with Gasteiger partial charge in [-0.3, -0.25) is 18.7 Å². The average Bonchev–Trinajstić information content (AvgIpc) is 2.52. The van der Waals surface area contributed by atoms with Crippen molar-refractivity contribution < 1.29 is 42.1 Å². The van der Waals surface area contributed by atoms with Gasteiger partial charge in [0.2, 0.25) is 0 Å². The zero-order valence-corrected chi connectivity index (χ0v) is 19.7. The predicted molar refractivity (Wildman–Crippen MR) is 132 cm³/mol. The molecule has 0 aromatic rings. The minimum atomic E-state index is -4.48. The van der Waals surface area contributed by atoms with E-state index in [0.29, 0.717) is 6.42 Å². The van der Waals surface area contributed by atoms with E-state index in [-0.39, 0.29) is 20.8 Å². The lowest BCUT2D eigenvalue weighted by Gasteiger charge is -2.27. The topological polar surface area (TPSA) is 115 Å². The summed E-state index contributed by atoms with van der Waals surface area (Å²) in [5.74, 6) is -2.36. The van der Waals surface area contributed by atoms with Gasteiger partial charge in [-0.25, -0.2) is 0 Å². The molecule has 0 bridgehead atoms. The van der Waals surface area contributed by atoms with Crippen molar-refractivity contribution in [2.75, 3.05) is 17.8 Å². The molecule has 31 heavy (non-hydrogen) atoms. The number of thiol groups is 2. The predicted octanol–water partition coefficient (Wildman–Crippen LogP) is 6.96. The molecule has 0 aliphatic heterocycles. The fourth-order valence-corrected chi connectivity index (χ4v) is 2.73. The van der Waals surface area contributed by atoms with Gasteiger partial charge in [0.25, 0.3) is 0 Å². The molecule has 0 fully saturated rings. The maximum atomic E-state index is 11.3. The second-order valence-corrected chi connectivity index (χ2v) is 9.91. The SMILES string of the molecule is C.C.CCCCCC(C)C(=O)O.CS(O)(O)CC(F)(F)F.O=C(O)C(S)CCCCS. The Morgan fingerprint density at radius 2 is 1.42 bits per heavy atom. The number of carboxylic acid groups (broad SMARTS) is 2. The number of unbranched alkanes of at least 4 members (excludes halogenated alkanes) is 3. The van der Waals surface area contributed by atoms with E-state index in [0.717, 1.165) is 50.5 Å². The summed E-state index contributed by atoms with van der Waals surface area (Å²) in [5, 5.41) is 16.4. The maximum Gasteiger partial charge on any atom is 0.405 e. The van der Waals surface area contributed by atoms with Crippen LogP contribution in [0.15, 0.2) is 0 Å². The molecule has 0 saturated heterocycles. The number of halogens is 3. The third-order valence-corrected chi connectivity index (χ3v) is 4.94.